The van der Waals surface area contributed by atoms with Gasteiger partial charge in [0, 0.05) is 11.1 Å². The molecular weight excluding hydrogens is 326 g/mol. The lowest BCUT2D eigenvalue weighted by atomic mass is 10.1. The maximum absolute atomic E-state index is 11.9. The van der Waals surface area contributed by atoms with E-state index >= 15 is 0 Å². The van der Waals surface area contributed by atoms with Crippen LogP contribution in [0.5, 0.6) is 5.75 Å². The van der Waals surface area contributed by atoms with E-state index in [4.69, 9.17) is 16.3 Å². The Morgan fingerprint density at radius 3 is 3.12 bits per heavy atom. The SMILES string of the molecule is O=c1[nH]c(CCl)c2c3c(c(Br)sc13)OCCC2. The van der Waals surface area contributed by atoms with Gasteiger partial charge in [-0.2, -0.15) is 0 Å². The summed E-state index contributed by atoms with van der Waals surface area (Å²) >= 11 is 10.8. The average molecular weight is 335 g/mol. The molecule has 0 aromatic carbocycles. The second-order valence-electron chi connectivity index (χ2n) is 3.91. The molecule has 1 aliphatic rings. The third-order valence-corrected chi connectivity index (χ3v) is 4.98. The minimum Gasteiger partial charge on any atom is -0.491 e. The first-order valence-electron chi connectivity index (χ1n) is 5.27. The maximum atomic E-state index is 11.9. The van der Waals surface area contributed by atoms with Crippen LogP contribution < -0.4 is 10.3 Å². The topological polar surface area (TPSA) is 42.1 Å². The zero-order valence-electron chi connectivity index (χ0n) is 8.81. The van der Waals surface area contributed by atoms with E-state index in [-0.39, 0.29) is 5.56 Å². The van der Waals surface area contributed by atoms with Gasteiger partial charge in [-0.3, -0.25) is 4.79 Å². The number of halogens is 2. The highest BCUT2D eigenvalue weighted by Gasteiger charge is 2.22. The van der Waals surface area contributed by atoms with E-state index in [0.717, 1.165) is 43.7 Å². The number of ether oxygens (including phenoxy) is 1. The molecule has 0 radical (unpaired) electrons. The summed E-state index contributed by atoms with van der Waals surface area (Å²) in [6.07, 6.45) is 1.84. The number of hydrogen-bond donors (Lipinski definition) is 1. The van der Waals surface area contributed by atoms with Crippen molar-refractivity contribution in [1.82, 2.24) is 4.98 Å². The largest absolute Gasteiger partial charge is 0.491 e. The summed E-state index contributed by atoms with van der Waals surface area (Å²) in [5.41, 5.74) is 1.87. The summed E-state index contributed by atoms with van der Waals surface area (Å²) in [4.78, 5) is 14.8. The summed E-state index contributed by atoms with van der Waals surface area (Å²) in [6, 6.07) is 0. The molecule has 0 atom stereocenters. The number of thiophene rings is 1. The first kappa shape index (κ1) is 11.6. The minimum atomic E-state index is -0.0816. The van der Waals surface area contributed by atoms with E-state index in [1.54, 1.807) is 0 Å². The second kappa shape index (κ2) is 4.30. The Morgan fingerprint density at radius 2 is 2.35 bits per heavy atom. The monoisotopic (exact) mass is 333 g/mol. The molecule has 2 aromatic rings. The van der Waals surface area contributed by atoms with Gasteiger partial charge in [0.2, 0.25) is 0 Å². The quantitative estimate of drug-likeness (QED) is 0.812. The summed E-state index contributed by atoms with van der Waals surface area (Å²) < 4.78 is 7.32. The predicted octanol–water partition coefficient (Wildman–Crippen LogP) is 3.42. The fourth-order valence-corrected chi connectivity index (χ4v) is 4.11. The fraction of sp³-hybridized carbons (Fsp3) is 0.364. The Morgan fingerprint density at radius 1 is 1.53 bits per heavy atom. The van der Waals surface area contributed by atoms with Crippen molar-refractivity contribution in [2.24, 2.45) is 0 Å². The number of aromatic amines is 1. The van der Waals surface area contributed by atoms with E-state index in [1.807, 2.05) is 0 Å². The van der Waals surface area contributed by atoms with Crippen LogP contribution in [0.25, 0.3) is 10.1 Å². The van der Waals surface area contributed by atoms with Gasteiger partial charge in [0.1, 0.15) is 8.49 Å². The lowest BCUT2D eigenvalue weighted by Gasteiger charge is -2.06. The molecule has 90 valence electrons. The van der Waals surface area contributed by atoms with Crippen LogP contribution in [0.2, 0.25) is 0 Å². The van der Waals surface area contributed by atoms with Crippen molar-refractivity contribution in [3.8, 4) is 5.75 Å². The number of aromatic nitrogens is 1. The molecule has 1 aliphatic heterocycles. The van der Waals surface area contributed by atoms with Crippen LogP contribution in [-0.2, 0) is 12.3 Å². The van der Waals surface area contributed by atoms with Crippen molar-refractivity contribution in [1.29, 1.82) is 0 Å². The molecule has 0 bridgehead atoms. The smallest absolute Gasteiger partial charge is 0.266 e. The van der Waals surface area contributed by atoms with Crippen LogP contribution in [-0.4, -0.2) is 11.6 Å². The molecule has 0 saturated carbocycles. The van der Waals surface area contributed by atoms with Gasteiger partial charge in [-0.25, -0.2) is 0 Å². The van der Waals surface area contributed by atoms with Crippen LogP contribution >= 0.6 is 38.9 Å². The van der Waals surface area contributed by atoms with Gasteiger partial charge in [-0.05, 0) is 34.3 Å². The van der Waals surface area contributed by atoms with Crippen molar-refractivity contribution in [3.05, 3.63) is 25.4 Å². The van der Waals surface area contributed by atoms with Crippen LogP contribution in [0.3, 0.4) is 0 Å². The number of pyridine rings is 1. The molecule has 0 fully saturated rings. The number of hydrogen-bond acceptors (Lipinski definition) is 3. The molecular formula is C11H9BrClNO2S. The van der Waals surface area contributed by atoms with Crippen molar-refractivity contribution in [2.75, 3.05) is 6.61 Å². The highest BCUT2D eigenvalue weighted by Crippen LogP contribution is 2.44. The Labute approximate surface area is 115 Å². The van der Waals surface area contributed by atoms with E-state index in [2.05, 4.69) is 20.9 Å². The van der Waals surface area contributed by atoms with Crippen LogP contribution in [0.15, 0.2) is 8.58 Å². The molecule has 17 heavy (non-hydrogen) atoms. The van der Waals surface area contributed by atoms with Gasteiger partial charge in [0.15, 0.2) is 5.75 Å². The zero-order valence-corrected chi connectivity index (χ0v) is 12.0. The predicted molar refractivity (Wildman–Crippen MR) is 73.5 cm³/mol. The van der Waals surface area contributed by atoms with E-state index < -0.39 is 0 Å². The third-order valence-electron chi connectivity index (χ3n) is 2.91. The summed E-state index contributed by atoms with van der Waals surface area (Å²) in [6.45, 7) is 0.676. The van der Waals surface area contributed by atoms with Crippen LogP contribution in [0, 0.1) is 0 Å². The van der Waals surface area contributed by atoms with Gasteiger partial charge >= 0.3 is 0 Å². The maximum Gasteiger partial charge on any atom is 0.266 e. The number of rotatable bonds is 1. The second-order valence-corrected chi connectivity index (χ2v) is 6.51. The van der Waals surface area contributed by atoms with Crippen molar-refractivity contribution in [2.45, 2.75) is 18.7 Å². The number of alkyl halides is 1. The molecule has 0 spiro atoms. The molecule has 0 unspecified atom stereocenters. The third kappa shape index (κ3) is 1.72. The van der Waals surface area contributed by atoms with Gasteiger partial charge < -0.3 is 9.72 Å². The Bertz CT molecular complexity index is 649. The van der Waals surface area contributed by atoms with Crippen LogP contribution in [0.1, 0.15) is 17.7 Å². The summed E-state index contributed by atoms with van der Waals surface area (Å²) in [5.74, 6) is 1.13. The Kier molecular flexibility index (Phi) is 2.92. The summed E-state index contributed by atoms with van der Waals surface area (Å²) in [5, 5.41) is 0.943. The molecule has 3 heterocycles. The standard InChI is InChI=1S/C11H9BrClNO2S/c12-10-8-7-5(2-1-3-16-8)6(4-13)14-11(15)9(7)17-10/h1-4H2,(H,14,15). The van der Waals surface area contributed by atoms with Gasteiger partial charge in [0.05, 0.1) is 12.5 Å². The molecule has 0 aliphatic carbocycles. The van der Waals surface area contributed by atoms with Gasteiger partial charge in [-0.15, -0.1) is 22.9 Å². The molecule has 6 heteroatoms. The Balaban J connectivity index is 2.49. The lowest BCUT2D eigenvalue weighted by Crippen LogP contribution is -2.10. The Hall–Kier alpha value is -0.520. The molecule has 0 amide bonds. The number of nitrogens with one attached hydrogen (secondary N) is 1. The number of aryl methyl sites for hydroxylation is 1. The van der Waals surface area contributed by atoms with Crippen LogP contribution in [0.4, 0.5) is 0 Å². The van der Waals surface area contributed by atoms with Crippen molar-refractivity contribution in [3.63, 3.8) is 0 Å². The highest BCUT2D eigenvalue weighted by atomic mass is 79.9. The average Bonchev–Trinajstić information content (AvgIpc) is 2.52. The van der Waals surface area contributed by atoms with E-state index in [0.29, 0.717) is 12.5 Å². The zero-order chi connectivity index (χ0) is 12.0. The highest BCUT2D eigenvalue weighted by molar-refractivity contribution is 9.11. The first-order chi connectivity index (χ1) is 8.22. The van der Waals surface area contributed by atoms with Crippen molar-refractivity contribution < 1.29 is 4.74 Å². The molecule has 2 aromatic heterocycles. The first-order valence-corrected chi connectivity index (χ1v) is 7.41. The van der Waals surface area contributed by atoms with Crippen molar-refractivity contribution >= 4 is 49.0 Å². The minimum absolute atomic E-state index is 0.0816. The molecule has 0 saturated heterocycles. The fourth-order valence-electron chi connectivity index (χ4n) is 2.18. The number of H-pyrrole nitrogens is 1. The van der Waals surface area contributed by atoms with Gasteiger partial charge in [0.25, 0.3) is 5.56 Å². The van der Waals surface area contributed by atoms with E-state index in [1.165, 1.54) is 11.3 Å². The molecule has 3 rings (SSSR count). The lowest BCUT2D eigenvalue weighted by molar-refractivity contribution is 0.319. The van der Waals surface area contributed by atoms with Gasteiger partial charge in [-0.1, -0.05) is 0 Å². The summed E-state index contributed by atoms with van der Waals surface area (Å²) in [7, 11) is 0. The normalized spacial score (nSPS) is 14.7. The molecule has 1 N–H and O–H groups in total. The van der Waals surface area contributed by atoms with E-state index in [9.17, 15) is 4.79 Å². The molecule has 3 nitrogen and oxygen atoms in total.